The maximum Gasteiger partial charge on any atom is 0.416 e. The highest BCUT2D eigenvalue weighted by Gasteiger charge is 2.30. The van der Waals surface area contributed by atoms with Crippen LogP contribution in [0.4, 0.5) is 18.9 Å². The van der Waals surface area contributed by atoms with E-state index >= 15 is 0 Å². The number of ether oxygens (including phenoxy) is 2. The van der Waals surface area contributed by atoms with Crippen LogP contribution in [0.3, 0.4) is 0 Å². The molecule has 0 bridgehead atoms. The molecule has 0 aromatic heterocycles. The number of hydrogen-bond acceptors (Lipinski definition) is 3. The lowest BCUT2D eigenvalue weighted by Gasteiger charge is -2.14. The van der Waals surface area contributed by atoms with Gasteiger partial charge in [-0.25, -0.2) is 0 Å². The number of carbonyl (C=O) groups is 1. The minimum atomic E-state index is -4.49. The molecule has 0 heterocycles. The summed E-state index contributed by atoms with van der Waals surface area (Å²) in [7, 11) is 0. The van der Waals surface area contributed by atoms with Gasteiger partial charge >= 0.3 is 6.18 Å². The Morgan fingerprint density at radius 2 is 1.68 bits per heavy atom. The Morgan fingerprint density at radius 1 is 0.935 bits per heavy atom. The van der Waals surface area contributed by atoms with E-state index in [0.29, 0.717) is 24.7 Å². The average Bonchev–Trinajstić information content (AvgIpc) is 2.74. The molecule has 0 fully saturated rings. The monoisotopic (exact) mass is 429 g/mol. The van der Waals surface area contributed by atoms with Crippen LogP contribution in [-0.2, 0) is 12.8 Å². The van der Waals surface area contributed by atoms with Gasteiger partial charge in [-0.2, -0.15) is 13.2 Å². The highest BCUT2D eigenvalue weighted by molar-refractivity contribution is 6.04. The number of alkyl halides is 3. The molecule has 7 heteroatoms. The molecule has 0 saturated heterocycles. The number of benzene rings is 3. The van der Waals surface area contributed by atoms with Crippen molar-refractivity contribution in [3.05, 3.63) is 89.0 Å². The molecule has 0 saturated carbocycles. The number of nitrogens with one attached hydrogen (secondary N) is 1. The number of aryl methyl sites for hydroxylation is 1. The molecule has 31 heavy (non-hydrogen) atoms. The summed E-state index contributed by atoms with van der Waals surface area (Å²) in [5.74, 6) is 0.301. The summed E-state index contributed by atoms with van der Waals surface area (Å²) in [6, 6.07) is 17.0. The van der Waals surface area contributed by atoms with E-state index in [4.69, 9.17) is 9.47 Å². The first kappa shape index (κ1) is 22.2. The number of rotatable bonds is 7. The zero-order valence-corrected chi connectivity index (χ0v) is 17.1. The predicted octanol–water partition coefficient (Wildman–Crippen LogP) is 6.24. The minimum Gasteiger partial charge on any atom is -0.490 e. The van der Waals surface area contributed by atoms with Gasteiger partial charge in [-0.05, 0) is 55.8 Å². The second-order valence-corrected chi connectivity index (χ2v) is 6.90. The molecule has 1 N–H and O–H groups in total. The molecule has 0 unspecified atom stereocenters. The summed E-state index contributed by atoms with van der Waals surface area (Å²) in [4.78, 5) is 12.6. The largest absolute Gasteiger partial charge is 0.490 e. The first-order valence-corrected chi connectivity index (χ1v) is 9.70. The highest BCUT2D eigenvalue weighted by atomic mass is 19.4. The molecular weight excluding hydrogens is 407 g/mol. The van der Waals surface area contributed by atoms with E-state index in [0.717, 1.165) is 23.3 Å². The summed E-state index contributed by atoms with van der Waals surface area (Å²) >= 11 is 0. The number of anilines is 1. The van der Waals surface area contributed by atoms with Crippen molar-refractivity contribution in [2.45, 2.75) is 26.6 Å². The van der Waals surface area contributed by atoms with Crippen LogP contribution in [0.15, 0.2) is 66.7 Å². The molecule has 4 nitrogen and oxygen atoms in total. The van der Waals surface area contributed by atoms with Crippen LogP contribution >= 0.6 is 0 Å². The second kappa shape index (κ2) is 9.55. The molecule has 0 radical (unpaired) electrons. The van der Waals surface area contributed by atoms with Gasteiger partial charge in [0.1, 0.15) is 6.61 Å². The van der Waals surface area contributed by atoms with Crippen molar-refractivity contribution in [2.75, 3.05) is 11.9 Å². The quantitative estimate of drug-likeness (QED) is 0.483. The molecule has 0 spiro atoms. The van der Waals surface area contributed by atoms with Gasteiger partial charge in [0, 0.05) is 11.3 Å². The van der Waals surface area contributed by atoms with E-state index < -0.39 is 17.6 Å². The third kappa shape index (κ3) is 6.01. The lowest BCUT2D eigenvalue weighted by Crippen LogP contribution is -2.13. The van der Waals surface area contributed by atoms with Crippen LogP contribution in [0, 0.1) is 6.92 Å². The van der Waals surface area contributed by atoms with Gasteiger partial charge in [-0.15, -0.1) is 0 Å². The fourth-order valence-electron chi connectivity index (χ4n) is 2.86. The lowest BCUT2D eigenvalue weighted by molar-refractivity contribution is -0.137. The molecule has 3 rings (SSSR count). The summed E-state index contributed by atoms with van der Waals surface area (Å²) in [6.07, 6.45) is -4.49. The Kier molecular flexibility index (Phi) is 6.84. The molecule has 3 aromatic rings. The third-order valence-electron chi connectivity index (χ3n) is 4.47. The van der Waals surface area contributed by atoms with Gasteiger partial charge in [-0.1, -0.05) is 35.9 Å². The summed E-state index contributed by atoms with van der Waals surface area (Å²) in [5.41, 5.74) is 1.59. The fraction of sp³-hybridized carbons (Fsp3) is 0.208. The Balaban J connectivity index is 1.75. The Bertz CT molecular complexity index is 1050. The fourth-order valence-corrected chi connectivity index (χ4v) is 2.86. The highest BCUT2D eigenvalue weighted by Crippen LogP contribution is 2.32. The number of halogens is 3. The van der Waals surface area contributed by atoms with Crippen LogP contribution < -0.4 is 14.8 Å². The molecule has 0 aliphatic rings. The van der Waals surface area contributed by atoms with Crippen LogP contribution in [0.5, 0.6) is 11.5 Å². The Hall–Kier alpha value is -3.48. The number of carbonyl (C=O) groups excluding carboxylic acids is 1. The lowest BCUT2D eigenvalue weighted by atomic mass is 10.1. The molecule has 162 valence electrons. The predicted molar refractivity (Wildman–Crippen MR) is 113 cm³/mol. The van der Waals surface area contributed by atoms with Crippen molar-refractivity contribution in [3.8, 4) is 11.5 Å². The zero-order valence-electron chi connectivity index (χ0n) is 17.1. The maximum atomic E-state index is 12.9. The van der Waals surface area contributed by atoms with Crippen molar-refractivity contribution >= 4 is 11.6 Å². The molecule has 0 aliphatic carbocycles. The molecule has 0 atom stereocenters. The molecule has 0 aliphatic heterocycles. The van der Waals surface area contributed by atoms with Gasteiger partial charge in [0.2, 0.25) is 0 Å². The van der Waals surface area contributed by atoms with E-state index in [2.05, 4.69) is 5.32 Å². The van der Waals surface area contributed by atoms with Crippen molar-refractivity contribution < 1.29 is 27.4 Å². The topological polar surface area (TPSA) is 47.6 Å². The number of amides is 1. The van der Waals surface area contributed by atoms with Crippen LogP contribution in [-0.4, -0.2) is 12.5 Å². The zero-order chi connectivity index (χ0) is 22.4. The van der Waals surface area contributed by atoms with Crippen LogP contribution in [0.2, 0.25) is 0 Å². The SMILES string of the molecule is CCOc1cc(C(=O)Nc2cccc(C(F)(F)F)c2)ccc1OCc1ccc(C)cc1. The van der Waals surface area contributed by atoms with Crippen molar-refractivity contribution in [2.24, 2.45) is 0 Å². The van der Waals surface area contributed by atoms with E-state index in [1.165, 1.54) is 24.3 Å². The third-order valence-corrected chi connectivity index (χ3v) is 4.47. The summed E-state index contributed by atoms with van der Waals surface area (Å²) < 4.78 is 50.1. The van der Waals surface area contributed by atoms with Crippen molar-refractivity contribution in [1.82, 2.24) is 0 Å². The first-order chi connectivity index (χ1) is 14.8. The van der Waals surface area contributed by atoms with Crippen LogP contribution in [0.25, 0.3) is 0 Å². The van der Waals surface area contributed by atoms with E-state index in [9.17, 15) is 18.0 Å². The standard InChI is InChI=1S/C24H22F3NO3/c1-3-30-22-13-18(11-12-21(22)31-15-17-9-7-16(2)8-10-17)23(29)28-20-6-4-5-19(14-20)24(25,26)27/h4-14H,3,15H2,1-2H3,(H,28,29). The van der Waals surface area contributed by atoms with E-state index in [1.54, 1.807) is 13.0 Å². The number of hydrogen-bond donors (Lipinski definition) is 1. The maximum absolute atomic E-state index is 12.9. The summed E-state index contributed by atoms with van der Waals surface area (Å²) in [6.45, 7) is 4.50. The smallest absolute Gasteiger partial charge is 0.416 e. The van der Waals surface area contributed by atoms with Crippen molar-refractivity contribution in [1.29, 1.82) is 0 Å². The second-order valence-electron chi connectivity index (χ2n) is 6.90. The van der Waals surface area contributed by atoms with E-state index in [1.807, 2.05) is 31.2 Å². The molecular formula is C24H22F3NO3. The van der Waals surface area contributed by atoms with Gasteiger partial charge < -0.3 is 14.8 Å². The van der Waals surface area contributed by atoms with Gasteiger partial charge in [0.05, 0.1) is 12.2 Å². The molecule has 1 amide bonds. The minimum absolute atomic E-state index is 0.0532. The van der Waals surface area contributed by atoms with Crippen molar-refractivity contribution in [3.63, 3.8) is 0 Å². The van der Waals surface area contributed by atoms with Gasteiger partial charge in [-0.3, -0.25) is 4.79 Å². The first-order valence-electron chi connectivity index (χ1n) is 9.70. The normalized spacial score (nSPS) is 11.1. The van der Waals surface area contributed by atoms with Gasteiger partial charge in [0.25, 0.3) is 5.91 Å². The van der Waals surface area contributed by atoms with Gasteiger partial charge in [0.15, 0.2) is 11.5 Å². The molecule has 3 aromatic carbocycles. The Labute approximate surface area is 178 Å². The summed E-state index contributed by atoms with van der Waals surface area (Å²) in [5, 5.41) is 2.49. The van der Waals surface area contributed by atoms with Crippen LogP contribution in [0.1, 0.15) is 34.0 Å². The van der Waals surface area contributed by atoms with E-state index in [-0.39, 0.29) is 11.3 Å². The average molecular weight is 429 g/mol. The Morgan fingerprint density at radius 3 is 2.35 bits per heavy atom.